The molecule has 27 heavy (non-hydrogen) atoms. The Balaban J connectivity index is 1.81. The summed E-state index contributed by atoms with van der Waals surface area (Å²) in [5, 5.41) is 11.2. The van der Waals surface area contributed by atoms with Crippen LogP contribution < -0.4 is 4.90 Å². The van der Waals surface area contributed by atoms with Gasteiger partial charge in [0, 0.05) is 30.1 Å². The van der Waals surface area contributed by atoms with Crippen LogP contribution in [0.4, 0.5) is 11.4 Å². The smallest absolute Gasteiger partial charge is 0.270 e. The second-order valence-corrected chi connectivity index (χ2v) is 7.80. The van der Waals surface area contributed by atoms with Crippen molar-refractivity contribution < 1.29 is 4.92 Å². The van der Waals surface area contributed by atoms with Gasteiger partial charge in [0.1, 0.15) is 0 Å². The van der Waals surface area contributed by atoms with Crippen molar-refractivity contribution in [2.45, 2.75) is 20.3 Å². The third-order valence-corrected chi connectivity index (χ3v) is 5.15. The molecule has 4 heteroatoms. The molecule has 0 fully saturated rings. The quantitative estimate of drug-likeness (QED) is 0.519. The number of anilines is 1. The van der Waals surface area contributed by atoms with Crippen LogP contribution in [0.5, 0.6) is 0 Å². The highest BCUT2D eigenvalue weighted by atomic mass is 16.6. The molecule has 0 saturated heterocycles. The van der Waals surface area contributed by atoms with Crippen LogP contribution >= 0.6 is 0 Å². The average Bonchev–Trinajstić information content (AvgIpc) is 2.67. The lowest BCUT2D eigenvalue weighted by Crippen LogP contribution is -2.32. The summed E-state index contributed by atoms with van der Waals surface area (Å²) in [7, 11) is 0. The summed E-state index contributed by atoms with van der Waals surface area (Å²) in [5.74, 6) is 0. The van der Waals surface area contributed by atoms with Crippen molar-refractivity contribution >= 4 is 16.9 Å². The number of nitro groups is 1. The third kappa shape index (κ3) is 3.43. The van der Waals surface area contributed by atoms with Crippen LogP contribution in [-0.2, 0) is 0 Å². The van der Waals surface area contributed by atoms with Gasteiger partial charge in [-0.15, -0.1) is 0 Å². The number of benzene rings is 2. The molecular formula is C23H22N2O2. The Morgan fingerprint density at radius 1 is 1.07 bits per heavy atom. The summed E-state index contributed by atoms with van der Waals surface area (Å²) in [5.41, 5.74) is 5.87. The third-order valence-electron chi connectivity index (χ3n) is 5.15. The molecule has 4 rings (SSSR count). The minimum absolute atomic E-state index is 0.114. The van der Waals surface area contributed by atoms with Gasteiger partial charge in [0.15, 0.2) is 0 Å². The van der Waals surface area contributed by atoms with E-state index in [4.69, 9.17) is 0 Å². The molecule has 136 valence electrons. The molecule has 0 spiro atoms. The molecule has 1 heterocycles. The first-order valence-corrected chi connectivity index (χ1v) is 9.13. The van der Waals surface area contributed by atoms with Crippen LogP contribution in [-0.4, -0.2) is 11.5 Å². The number of hydrogen-bond acceptors (Lipinski definition) is 3. The highest BCUT2D eigenvalue weighted by Crippen LogP contribution is 2.41. The number of para-hydroxylation sites is 1. The first-order valence-electron chi connectivity index (χ1n) is 9.13. The van der Waals surface area contributed by atoms with Gasteiger partial charge in [0.2, 0.25) is 0 Å². The van der Waals surface area contributed by atoms with Crippen LogP contribution in [0.25, 0.3) is 5.57 Å². The van der Waals surface area contributed by atoms with Gasteiger partial charge in [-0.05, 0) is 46.8 Å². The Morgan fingerprint density at radius 2 is 1.85 bits per heavy atom. The van der Waals surface area contributed by atoms with Crippen LogP contribution in [0, 0.1) is 15.5 Å². The van der Waals surface area contributed by atoms with Crippen LogP contribution in [0.15, 0.2) is 84.1 Å². The van der Waals surface area contributed by atoms with Gasteiger partial charge in [0.05, 0.1) is 4.92 Å². The number of nitrogens with zero attached hydrogens (tertiary/aromatic N) is 2. The van der Waals surface area contributed by atoms with E-state index in [2.05, 4.69) is 49.1 Å². The fourth-order valence-electron chi connectivity index (χ4n) is 3.73. The number of allylic oxidation sites excluding steroid dienone is 5. The Hall–Kier alpha value is -3.14. The van der Waals surface area contributed by atoms with E-state index < -0.39 is 0 Å². The van der Waals surface area contributed by atoms with Crippen molar-refractivity contribution in [3.8, 4) is 0 Å². The molecule has 2 aromatic rings. The topological polar surface area (TPSA) is 46.4 Å². The van der Waals surface area contributed by atoms with Gasteiger partial charge >= 0.3 is 0 Å². The molecule has 4 nitrogen and oxygen atoms in total. The molecule has 0 saturated carbocycles. The molecule has 0 N–H and O–H groups in total. The van der Waals surface area contributed by atoms with E-state index in [0.29, 0.717) is 6.54 Å². The Morgan fingerprint density at radius 3 is 2.59 bits per heavy atom. The van der Waals surface area contributed by atoms with Crippen molar-refractivity contribution in [3.05, 3.63) is 99.8 Å². The first kappa shape index (κ1) is 17.3. The van der Waals surface area contributed by atoms with E-state index >= 15 is 0 Å². The molecule has 0 unspecified atom stereocenters. The van der Waals surface area contributed by atoms with E-state index in [0.717, 1.165) is 23.2 Å². The summed E-state index contributed by atoms with van der Waals surface area (Å²) in [6, 6.07) is 17.3. The van der Waals surface area contributed by atoms with E-state index in [9.17, 15) is 10.1 Å². The van der Waals surface area contributed by atoms with Crippen molar-refractivity contribution in [2.75, 3.05) is 11.4 Å². The number of hydrogen-bond donors (Lipinski definition) is 0. The summed E-state index contributed by atoms with van der Waals surface area (Å²) in [4.78, 5) is 13.2. The number of rotatable bonds is 3. The van der Waals surface area contributed by atoms with Crippen LogP contribution in [0.1, 0.15) is 25.8 Å². The molecule has 1 aliphatic heterocycles. The zero-order valence-electron chi connectivity index (χ0n) is 15.6. The van der Waals surface area contributed by atoms with Crippen molar-refractivity contribution in [1.82, 2.24) is 0 Å². The normalized spacial score (nSPS) is 18.1. The summed E-state index contributed by atoms with van der Waals surface area (Å²) in [6.07, 6.45) is 7.58. The van der Waals surface area contributed by atoms with Gasteiger partial charge in [-0.2, -0.15) is 0 Å². The Labute approximate surface area is 159 Å². The van der Waals surface area contributed by atoms with Crippen molar-refractivity contribution in [3.63, 3.8) is 0 Å². The highest BCUT2D eigenvalue weighted by Gasteiger charge is 2.29. The second kappa shape index (κ2) is 6.54. The average molecular weight is 358 g/mol. The first-order chi connectivity index (χ1) is 12.9. The van der Waals surface area contributed by atoms with Gasteiger partial charge in [-0.25, -0.2) is 0 Å². The molecule has 2 aromatic carbocycles. The van der Waals surface area contributed by atoms with E-state index in [-0.39, 0.29) is 16.0 Å². The lowest BCUT2D eigenvalue weighted by atomic mass is 9.79. The summed E-state index contributed by atoms with van der Waals surface area (Å²) in [6.45, 7) is 5.19. The van der Waals surface area contributed by atoms with Gasteiger partial charge in [0.25, 0.3) is 5.69 Å². The molecule has 0 radical (unpaired) electrons. The SMILES string of the molecule is CC1(C)C=CC2=C(C1)N(c1ccccc1)CC(c1cccc([N+](=O)[O-])c1)=C2. The molecule has 0 aromatic heterocycles. The summed E-state index contributed by atoms with van der Waals surface area (Å²) < 4.78 is 0. The number of non-ortho nitro benzene ring substituents is 1. The predicted molar refractivity (Wildman–Crippen MR) is 109 cm³/mol. The standard InChI is InChI=1S/C23H22N2O2/c1-23(2)12-11-18-13-19(17-7-6-10-21(14-17)25(26)27)16-24(22(18)15-23)20-8-4-3-5-9-20/h3-14H,15-16H2,1-2H3. The molecule has 0 atom stereocenters. The maximum atomic E-state index is 11.2. The van der Waals surface area contributed by atoms with Crippen molar-refractivity contribution in [1.29, 1.82) is 0 Å². The Kier molecular flexibility index (Phi) is 4.19. The molecule has 2 aliphatic rings. The monoisotopic (exact) mass is 358 g/mol. The molecule has 1 aliphatic carbocycles. The molecular weight excluding hydrogens is 336 g/mol. The zero-order chi connectivity index (χ0) is 19.0. The maximum Gasteiger partial charge on any atom is 0.270 e. The molecule has 0 bridgehead atoms. The van der Waals surface area contributed by atoms with Crippen molar-refractivity contribution in [2.24, 2.45) is 5.41 Å². The molecule has 0 amide bonds. The Bertz CT molecular complexity index is 984. The highest BCUT2D eigenvalue weighted by molar-refractivity contribution is 5.79. The maximum absolute atomic E-state index is 11.2. The predicted octanol–water partition coefficient (Wildman–Crippen LogP) is 5.74. The number of nitro benzene ring substituents is 1. The lowest BCUT2D eigenvalue weighted by molar-refractivity contribution is -0.384. The van der Waals surface area contributed by atoms with Crippen LogP contribution in [0.3, 0.4) is 0 Å². The van der Waals surface area contributed by atoms with E-state index in [1.165, 1.54) is 17.3 Å². The second-order valence-electron chi connectivity index (χ2n) is 7.80. The minimum atomic E-state index is -0.338. The summed E-state index contributed by atoms with van der Waals surface area (Å²) >= 11 is 0. The van der Waals surface area contributed by atoms with Gasteiger partial charge < -0.3 is 4.90 Å². The van der Waals surface area contributed by atoms with Gasteiger partial charge in [-0.1, -0.05) is 56.3 Å². The minimum Gasteiger partial charge on any atom is -0.340 e. The van der Waals surface area contributed by atoms with E-state index in [1.54, 1.807) is 12.1 Å². The zero-order valence-corrected chi connectivity index (χ0v) is 15.6. The van der Waals surface area contributed by atoms with Gasteiger partial charge in [-0.3, -0.25) is 10.1 Å². The largest absolute Gasteiger partial charge is 0.340 e. The van der Waals surface area contributed by atoms with E-state index in [1.807, 2.05) is 24.3 Å². The fraction of sp³-hybridized carbons (Fsp3) is 0.217. The van der Waals surface area contributed by atoms with Crippen LogP contribution in [0.2, 0.25) is 0 Å². The fourth-order valence-corrected chi connectivity index (χ4v) is 3.73. The lowest BCUT2D eigenvalue weighted by Gasteiger charge is -2.39.